The number of hydrogen-bond donors (Lipinski definition) is 0. The monoisotopic (exact) mass is 244 g/mol. The minimum atomic E-state index is 0.172. The van der Waals surface area contributed by atoms with E-state index in [-0.39, 0.29) is 6.10 Å². The molecular weight excluding hydrogens is 232 g/mol. The van der Waals surface area contributed by atoms with E-state index in [0.717, 1.165) is 16.3 Å². The predicted molar refractivity (Wildman–Crippen MR) is 68.0 cm³/mol. The Kier molecular flexibility index (Phi) is 3.40. The van der Waals surface area contributed by atoms with Gasteiger partial charge in [0.1, 0.15) is 16.8 Å². The summed E-state index contributed by atoms with van der Waals surface area (Å²) in [6.45, 7) is 3.99. The van der Waals surface area contributed by atoms with Crippen LogP contribution in [0.4, 0.5) is 0 Å². The van der Waals surface area contributed by atoms with E-state index in [2.05, 4.69) is 4.98 Å². The van der Waals surface area contributed by atoms with Crippen LogP contribution in [-0.4, -0.2) is 11.1 Å². The summed E-state index contributed by atoms with van der Waals surface area (Å²) in [6, 6.07) is 9.78. The third-order valence-corrected chi connectivity index (χ3v) is 2.98. The van der Waals surface area contributed by atoms with Crippen molar-refractivity contribution in [3.05, 3.63) is 35.3 Å². The molecule has 0 saturated heterocycles. The fourth-order valence-electron chi connectivity index (χ4n) is 1.41. The highest BCUT2D eigenvalue weighted by Crippen LogP contribution is 2.25. The first-order valence-corrected chi connectivity index (χ1v) is 6.19. The third kappa shape index (κ3) is 2.83. The van der Waals surface area contributed by atoms with Crippen molar-refractivity contribution in [1.82, 2.24) is 4.98 Å². The van der Waals surface area contributed by atoms with Gasteiger partial charge in [-0.3, -0.25) is 0 Å². The molecule has 0 aliphatic carbocycles. The van der Waals surface area contributed by atoms with E-state index in [0.29, 0.717) is 5.69 Å². The van der Waals surface area contributed by atoms with Crippen molar-refractivity contribution in [3.8, 4) is 22.4 Å². The average molecular weight is 244 g/mol. The molecule has 0 radical (unpaired) electrons. The number of nitrogens with zero attached hydrogens (tertiary/aromatic N) is 2. The second kappa shape index (κ2) is 4.98. The lowest BCUT2D eigenvalue weighted by Gasteiger charge is -2.09. The van der Waals surface area contributed by atoms with Gasteiger partial charge in [-0.05, 0) is 38.1 Å². The lowest BCUT2D eigenvalue weighted by atomic mass is 10.2. The van der Waals surface area contributed by atoms with Crippen molar-refractivity contribution in [2.75, 3.05) is 0 Å². The number of thiazole rings is 1. The molecule has 1 aromatic carbocycles. The van der Waals surface area contributed by atoms with Gasteiger partial charge in [-0.2, -0.15) is 5.26 Å². The Morgan fingerprint density at radius 2 is 2.00 bits per heavy atom. The molecule has 0 atom stereocenters. The summed E-state index contributed by atoms with van der Waals surface area (Å²) >= 11 is 1.47. The van der Waals surface area contributed by atoms with Crippen LogP contribution in [0.1, 0.15) is 19.5 Å². The first-order chi connectivity index (χ1) is 8.19. The van der Waals surface area contributed by atoms with Gasteiger partial charge in [0.25, 0.3) is 0 Å². The molecule has 0 fully saturated rings. The summed E-state index contributed by atoms with van der Waals surface area (Å²) in [7, 11) is 0. The maximum Gasteiger partial charge on any atom is 0.152 e. The molecule has 0 aliphatic rings. The van der Waals surface area contributed by atoms with E-state index in [1.807, 2.05) is 44.2 Å². The second-order valence-corrected chi connectivity index (χ2v) is 4.70. The minimum absolute atomic E-state index is 0.172. The van der Waals surface area contributed by atoms with E-state index in [1.54, 1.807) is 5.38 Å². The van der Waals surface area contributed by atoms with E-state index < -0.39 is 0 Å². The molecule has 86 valence electrons. The SMILES string of the molecule is CC(C)Oc1ccc(-c2nc(C#N)cs2)cc1. The van der Waals surface area contributed by atoms with E-state index in [1.165, 1.54) is 11.3 Å². The molecule has 0 aliphatic heterocycles. The minimum Gasteiger partial charge on any atom is -0.491 e. The zero-order valence-electron chi connectivity index (χ0n) is 9.68. The fraction of sp³-hybridized carbons (Fsp3) is 0.231. The fourth-order valence-corrected chi connectivity index (χ4v) is 2.16. The molecule has 0 amide bonds. The molecule has 3 nitrogen and oxygen atoms in total. The van der Waals surface area contributed by atoms with Gasteiger partial charge < -0.3 is 4.74 Å². The largest absolute Gasteiger partial charge is 0.491 e. The van der Waals surface area contributed by atoms with Crippen molar-refractivity contribution in [2.24, 2.45) is 0 Å². The Morgan fingerprint density at radius 3 is 2.53 bits per heavy atom. The highest BCUT2D eigenvalue weighted by molar-refractivity contribution is 7.13. The Morgan fingerprint density at radius 1 is 1.29 bits per heavy atom. The zero-order valence-corrected chi connectivity index (χ0v) is 10.5. The first-order valence-electron chi connectivity index (χ1n) is 5.32. The summed E-state index contributed by atoms with van der Waals surface area (Å²) in [5.74, 6) is 0.848. The molecule has 0 saturated carbocycles. The van der Waals surface area contributed by atoms with Crippen molar-refractivity contribution >= 4 is 11.3 Å². The molecule has 1 aromatic heterocycles. The molecule has 0 N–H and O–H groups in total. The summed E-state index contributed by atoms with van der Waals surface area (Å²) in [6.07, 6.45) is 0.172. The van der Waals surface area contributed by atoms with Gasteiger partial charge in [-0.15, -0.1) is 11.3 Å². The van der Waals surface area contributed by atoms with Crippen LogP contribution in [-0.2, 0) is 0 Å². The Bertz CT molecular complexity index is 537. The van der Waals surface area contributed by atoms with Crippen molar-refractivity contribution in [3.63, 3.8) is 0 Å². The number of benzene rings is 1. The van der Waals surface area contributed by atoms with Gasteiger partial charge in [-0.1, -0.05) is 0 Å². The van der Waals surface area contributed by atoms with Crippen LogP contribution >= 0.6 is 11.3 Å². The highest BCUT2D eigenvalue weighted by Gasteiger charge is 2.04. The van der Waals surface area contributed by atoms with E-state index in [4.69, 9.17) is 10.00 Å². The van der Waals surface area contributed by atoms with Crippen molar-refractivity contribution in [2.45, 2.75) is 20.0 Å². The summed E-state index contributed by atoms with van der Waals surface area (Å²) in [5.41, 5.74) is 1.47. The topological polar surface area (TPSA) is 45.9 Å². The number of hydrogen-bond acceptors (Lipinski definition) is 4. The van der Waals surface area contributed by atoms with Crippen molar-refractivity contribution in [1.29, 1.82) is 5.26 Å². The molecule has 2 rings (SSSR count). The highest BCUT2D eigenvalue weighted by atomic mass is 32.1. The first kappa shape index (κ1) is 11.6. The number of aromatic nitrogens is 1. The smallest absolute Gasteiger partial charge is 0.152 e. The maximum atomic E-state index is 8.72. The van der Waals surface area contributed by atoms with Crippen LogP contribution in [0.15, 0.2) is 29.6 Å². The summed E-state index contributed by atoms with van der Waals surface area (Å²) in [5, 5.41) is 11.3. The third-order valence-electron chi connectivity index (χ3n) is 2.09. The van der Waals surface area contributed by atoms with Crippen LogP contribution in [0.2, 0.25) is 0 Å². The quantitative estimate of drug-likeness (QED) is 0.830. The van der Waals surface area contributed by atoms with Gasteiger partial charge in [0.05, 0.1) is 6.10 Å². The summed E-state index contributed by atoms with van der Waals surface area (Å²) in [4.78, 5) is 4.21. The van der Waals surface area contributed by atoms with E-state index >= 15 is 0 Å². The number of ether oxygens (including phenoxy) is 1. The van der Waals surface area contributed by atoms with Gasteiger partial charge in [0, 0.05) is 10.9 Å². The van der Waals surface area contributed by atoms with Crippen LogP contribution in [0, 0.1) is 11.3 Å². The Labute approximate surface area is 104 Å². The molecule has 0 bridgehead atoms. The molecule has 2 aromatic rings. The molecule has 4 heteroatoms. The standard InChI is InChI=1S/C13H12N2OS/c1-9(2)16-12-5-3-10(4-6-12)13-15-11(7-14)8-17-13/h3-6,8-9H,1-2H3. The van der Waals surface area contributed by atoms with Gasteiger partial charge in [0.15, 0.2) is 5.69 Å². The van der Waals surface area contributed by atoms with Crippen molar-refractivity contribution < 1.29 is 4.74 Å². The van der Waals surface area contributed by atoms with E-state index in [9.17, 15) is 0 Å². The van der Waals surface area contributed by atoms with Gasteiger partial charge in [-0.25, -0.2) is 4.98 Å². The lowest BCUT2D eigenvalue weighted by Crippen LogP contribution is -2.05. The molecule has 0 unspecified atom stereocenters. The molecule has 0 spiro atoms. The van der Waals surface area contributed by atoms with Gasteiger partial charge in [0.2, 0.25) is 0 Å². The maximum absolute atomic E-state index is 8.72. The molecule has 1 heterocycles. The average Bonchev–Trinajstić information content (AvgIpc) is 2.78. The number of nitriles is 1. The predicted octanol–water partition coefficient (Wildman–Crippen LogP) is 3.47. The van der Waals surface area contributed by atoms with Crippen LogP contribution < -0.4 is 4.74 Å². The van der Waals surface area contributed by atoms with Gasteiger partial charge >= 0.3 is 0 Å². The summed E-state index contributed by atoms with van der Waals surface area (Å²) < 4.78 is 5.56. The Hall–Kier alpha value is -1.86. The van der Waals surface area contributed by atoms with Crippen LogP contribution in [0.5, 0.6) is 5.75 Å². The zero-order chi connectivity index (χ0) is 12.3. The van der Waals surface area contributed by atoms with Crippen LogP contribution in [0.3, 0.4) is 0 Å². The molecular formula is C13H12N2OS. The Balaban J connectivity index is 2.20. The molecule has 17 heavy (non-hydrogen) atoms. The normalized spacial score (nSPS) is 10.2. The second-order valence-electron chi connectivity index (χ2n) is 3.84. The van der Waals surface area contributed by atoms with Crippen LogP contribution in [0.25, 0.3) is 10.6 Å². The lowest BCUT2D eigenvalue weighted by molar-refractivity contribution is 0.242. The number of rotatable bonds is 3.